The Morgan fingerprint density at radius 2 is 1.88 bits per heavy atom. The van der Waals surface area contributed by atoms with Crippen molar-refractivity contribution < 1.29 is 29.3 Å². The van der Waals surface area contributed by atoms with E-state index in [1.165, 1.54) is 7.11 Å². The van der Waals surface area contributed by atoms with E-state index >= 15 is 0 Å². The Bertz CT molecular complexity index is 289. The first-order chi connectivity index (χ1) is 7.90. The molecule has 2 atom stereocenters. The van der Waals surface area contributed by atoms with Crippen LogP contribution in [0.2, 0.25) is 0 Å². The molecule has 0 fully saturated rings. The number of ether oxygens (including phenoxy) is 1. The number of methoxy groups -OCH3 is 1. The number of aliphatic carboxylic acids is 2. The van der Waals surface area contributed by atoms with E-state index in [9.17, 15) is 14.4 Å². The number of amides is 1. The number of carboxylic acid groups (broad SMARTS) is 2. The molecule has 17 heavy (non-hydrogen) atoms. The van der Waals surface area contributed by atoms with E-state index in [2.05, 4.69) is 5.32 Å². The summed E-state index contributed by atoms with van der Waals surface area (Å²) in [5.74, 6) is -3.32. The van der Waals surface area contributed by atoms with Gasteiger partial charge >= 0.3 is 11.9 Å². The number of hydrogen-bond acceptors (Lipinski definition) is 5. The Hall–Kier alpha value is -1.67. The summed E-state index contributed by atoms with van der Waals surface area (Å²) in [6.45, 7) is 0.112. The maximum absolute atomic E-state index is 11.4. The van der Waals surface area contributed by atoms with Gasteiger partial charge in [0.25, 0.3) is 0 Å². The standard InChI is InChI=1S/C9H16N2O6/c1-17-5(4-10)2-7(12)11-6(9(15)16)3-8(13)14/h5-6H,2-4,10H2,1H3,(H,11,12)(H,13,14)(H,15,16). The summed E-state index contributed by atoms with van der Waals surface area (Å²) < 4.78 is 4.84. The number of carbonyl (C=O) groups is 3. The van der Waals surface area contributed by atoms with Crippen LogP contribution in [0.5, 0.6) is 0 Å². The Morgan fingerprint density at radius 3 is 2.24 bits per heavy atom. The Labute approximate surface area is 97.7 Å². The number of hydrogen-bond donors (Lipinski definition) is 4. The average molecular weight is 248 g/mol. The third-order valence-corrected chi connectivity index (χ3v) is 2.02. The Balaban J connectivity index is 4.30. The maximum atomic E-state index is 11.4. The summed E-state index contributed by atoms with van der Waals surface area (Å²) in [7, 11) is 1.37. The van der Waals surface area contributed by atoms with Crippen molar-refractivity contribution in [3.05, 3.63) is 0 Å². The Kier molecular flexibility index (Phi) is 6.83. The number of rotatable bonds is 8. The fourth-order valence-corrected chi connectivity index (χ4v) is 1.10. The molecule has 8 nitrogen and oxygen atoms in total. The minimum absolute atomic E-state index is 0.112. The highest BCUT2D eigenvalue weighted by atomic mass is 16.5. The van der Waals surface area contributed by atoms with Gasteiger partial charge in [0, 0.05) is 13.7 Å². The van der Waals surface area contributed by atoms with Gasteiger partial charge in [0.1, 0.15) is 6.04 Å². The molecule has 0 radical (unpaired) electrons. The van der Waals surface area contributed by atoms with Crippen molar-refractivity contribution in [2.75, 3.05) is 13.7 Å². The van der Waals surface area contributed by atoms with E-state index < -0.39 is 36.4 Å². The van der Waals surface area contributed by atoms with E-state index in [0.29, 0.717) is 0 Å². The molecule has 0 aliphatic heterocycles. The topological polar surface area (TPSA) is 139 Å². The van der Waals surface area contributed by atoms with E-state index in [-0.39, 0.29) is 13.0 Å². The maximum Gasteiger partial charge on any atom is 0.326 e. The van der Waals surface area contributed by atoms with Crippen molar-refractivity contribution in [2.24, 2.45) is 5.73 Å². The zero-order valence-corrected chi connectivity index (χ0v) is 9.38. The molecule has 0 aliphatic rings. The van der Waals surface area contributed by atoms with Crippen LogP contribution in [0.1, 0.15) is 12.8 Å². The lowest BCUT2D eigenvalue weighted by molar-refractivity contribution is -0.147. The van der Waals surface area contributed by atoms with Crippen molar-refractivity contribution in [1.29, 1.82) is 0 Å². The monoisotopic (exact) mass is 248 g/mol. The molecule has 1 amide bonds. The molecule has 98 valence electrons. The first-order valence-electron chi connectivity index (χ1n) is 4.87. The summed E-state index contributed by atoms with van der Waals surface area (Å²) in [6.07, 6.45) is -1.31. The lowest BCUT2D eigenvalue weighted by atomic mass is 10.2. The number of nitrogens with two attached hydrogens (primary N) is 1. The number of carboxylic acids is 2. The number of nitrogens with one attached hydrogen (secondary N) is 1. The lowest BCUT2D eigenvalue weighted by Gasteiger charge is -2.15. The smallest absolute Gasteiger partial charge is 0.326 e. The van der Waals surface area contributed by atoms with Crippen LogP contribution in [0.4, 0.5) is 0 Å². The van der Waals surface area contributed by atoms with Gasteiger partial charge in [-0.25, -0.2) is 4.79 Å². The predicted octanol–water partition coefficient (Wildman–Crippen LogP) is -1.61. The summed E-state index contributed by atoms with van der Waals surface area (Å²) >= 11 is 0. The normalized spacial score (nSPS) is 13.8. The molecular weight excluding hydrogens is 232 g/mol. The van der Waals surface area contributed by atoms with Gasteiger partial charge in [-0.05, 0) is 0 Å². The highest BCUT2D eigenvalue weighted by Crippen LogP contribution is 1.98. The SMILES string of the molecule is COC(CN)CC(=O)NC(CC(=O)O)C(=O)O. The van der Waals surface area contributed by atoms with E-state index in [1.54, 1.807) is 0 Å². The van der Waals surface area contributed by atoms with Crippen molar-refractivity contribution in [3.8, 4) is 0 Å². The van der Waals surface area contributed by atoms with Crippen LogP contribution in [0.3, 0.4) is 0 Å². The summed E-state index contributed by atoms with van der Waals surface area (Å²) in [4.78, 5) is 32.4. The van der Waals surface area contributed by atoms with Gasteiger partial charge in [0.05, 0.1) is 18.9 Å². The number of carbonyl (C=O) groups excluding carboxylic acids is 1. The van der Waals surface area contributed by atoms with E-state index in [0.717, 1.165) is 0 Å². The molecule has 0 heterocycles. The van der Waals surface area contributed by atoms with Crippen LogP contribution < -0.4 is 11.1 Å². The molecular formula is C9H16N2O6. The fraction of sp³-hybridized carbons (Fsp3) is 0.667. The van der Waals surface area contributed by atoms with Gasteiger partial charge in [-0.2, -0.15) is 0 Å². The van der Waals surface area contributed by atoms with Crippen molar-refractivity contribution in [2.45, 2.75) is 25.0 Å². The zero-order chi connectivity index (χ0) is 13.4. The van der Waals surface area contributed by atoms with Crippen molar-refractivity contribution in [1.82, 2.24) is 5.32 Å². The van der Waals surface area contributed by atoms with Gasteiger partial charge in [-0.3, -0.25) is 9.59 Å². The molecule has 0 aromatic rings. The zero-order valence-electron chi connectivity index (χ0n) is 9.38. The summed E-state index contributed by atoms with van der Waals surface area (Å²) in [6, 6.07) is -1.45. The third kappa shape index (κ3) is 6.48. The van der Waals surface area contributed by atoms with Crippen molar-refractivity contribution >= 4 is 17.8 Å². The van der Waals surface area contributed by atoms with Gasteiger partial charge in [0.15, 0.2) is 0 Å². The second kappa shape index (κ2) is 7.58. The fourth-order valence-electron chi connectivity index (χ4n) is 1.10. The molecule has 0 aliphatic carbocycles. The van der Waals surface area contributed by atoms with Crippen LogP contribution in [-0.4, -0.2) is 53.9 Å². The highest BCUT2D eigenvalue weighted by molar-refractivity contribution is 5.86. The lowest BCUT2D eigenvalue weighted by Crippen LogP contribution is -2.44. The van der Waals surface area contributed by atoms with E-state index in [1.807, 2.05) is 0 Å². The minimum Gasteiger partial charge on any atom is -0.481 e. The van der Waals surface area contributed by atoms with Gasteiger partial charge in [0.2, 0.25) is 5.91 Å². The quantitative estimate of drug-likeness (QED) is 0.405. The molecule has 0 rings (SSSR count). The highest BCUT2D eigenvalue weighted by Gasteiger charge is 2.24. The second-order valence-electron chi connectivity index (χ2n) is 3.35. The summed E-state index contributed by atoms with van der Waals surface area (Å²) in [5.41, 5.74) is 5.29. The molecule has 0 saturated heterocycles. The van der Waals surface area contributed by atoms with Crippen LogP contribution in [0.25, 0.3) is 0 Å². The van der Waals surface area contributed by atoms with Gasteiger partial charge in [-0.1, -0.05) is 0 Å². The van der Waals surface area contributed by atoms with Crippen LogP contribution >= 0.6 is 0 Å². The molecule has 0 saturated carbocycles. The summed E-state index contributed by atoms with van der Waals surface area (Å²) in [5, 5.41) is 19.2. The molecule has 5 N–H and O–H groups in total. The Morgan fingerprint density at radius 1 is 1.29 bits per heavy atom. The molecule has 8 heteroatoms. The van der Waals surface area contributed by atoms with Gasteiger partial charge in [-0.15, -0.1) is 0 Å². The van der Waals surface area contributed by atoms with E-state index in [4.69, 9.17) is 20.7 Å². The third-order valence-electron chi connectivity index (χ3n) is 2.02. The van der Waals surface area contributed by atoms with Crippen molar-refractivity contribution in [3.63, 3.8) is 0 Å². The second-order valence-corrected chi connectivity index (χ2v) is 3.35. The largest absolute Gasteiger partial charge is 0.481 e. The van der Waals surface area contributed by atoms with Crippen LogP contribution in [0, 0.1) is 0 Å². The molecule has 2 unspecified atom stereocenters. The minimum atomic E-state index is -1.45. The average Bonchev–Trinajstić information content (AvgIpc) is 2.24. The molecule has 0 spiro atoms. The first-order valence-corrected chi connectivity index (χ1v) is 4.87. The van der Waals surface area contributed by atoms with Crippen LogP contribution in [-0.2, 0) is 19.1 Å². The van der Waals surface area contributed by atoms with Gasteiger partial charge < -0.3 is 26.0 Å². The molecule has 0 bridgehead atoms. The molecule has 0 aromatic carbocycles. The van der Waals surface area contributed by atoms with Crippen LogP contribution in [0.15, 0.2) is 0 Å². The predicted molar refractivity (Wildman–Crippen MR) is 56.3 cm³/mol. The first kappa shape index (κ1) is 15.3. The molecule has 0 aromatic heterocycles.